The number of hydrogen-bond acceptors (Lipinski definition) is 3. The summed E-state index contributed by atoms with van der Waals surface area (Å²) in [6, 6.07) is 23.0. The minimum absolute atomic E-state index is 0.00347. The largest absolute Gasteiger partial charge is 0.497 e. The molecule has 3 aromatic carbocycles. The number of anilines is 1. The van der Waals surface area contributed by atoms with Gasteiger partial charge in [0, 0.05) is 17.3 Å². The SMILES string of the molecule is COc1cccc([C@H]2[C@H](C(=O)Nc3ccc(C(C)C)cc3)c3ccccc3C(=O)N2C2CC2)c1. The van der Waals surface area contributed by atoms with E-state index in [4.69, 9.17) is 4.74 Å². The highest BCUT2D eigenvalue weighted by atomic mass is 16.5. The molecule has 1 N–H and O–H groups in total. The van der Waals surface area contributed by atoms with Crippen molar-refractivity contribution in [2.45, 2.75) is 50.6 Å². The van der Waals surface area contributed by atoms with E-state index in [-0.39, 0.29) is 17.9 Å². The van der Waals surface area contributed by atoms with Crippen molar-refractivity contribution in [2.75, 3.05) is 12.4 Å². The molecule has 1 aliphatic carbocycles. The molecule has 0 saturated heterocycles. The first-order valence-electron chi connectivity index (χ1n) is 11.9. The molecular weight excluding hydrogens is 424 g/mol. The van der Waals surface area contributed by atoms with E-state index in [0.717, 1.165) is 29.7 Å². The van der Waals surface area contributed by atoms with Crippen molar-refractivity contribution in [2.24, 2.45) is 0 Å². The Balaban J connectivity index is 1.59. The number of carbonyl (C=O) groups is 2. The van der Waals surface area contributed by atoms with Gasteiger partial charge in [0.2, 0.25) is 5.91 Å². The lowest BCUT2D eigenvalue weighted by Crippen LogP contribution is -2.47. The van der Waals surface area contributed by atoms with Crippen LogP contribution in [0.1, 0.15) is 71.6 Å². The fourth-order valence-corrected chi connectivity index (χ4v) is 4.94. The summed E-state index contributed by atoms with van der Waals surface area (Å²) in [4.78, 5) is 29.5. The molecule has 0 unspecified atom stereocenters. The molecule has 0 bridgehead atoms. The van der Waals surface area contributed by atoms with E-state index >= 15 is 0 Å². The molecule has 3 aromatic rings. The molecule has 0 spiro atoms. The summed E-state index contributed by atoms with van der Waals surface area (Å²) in [5.41, 5.74) is 4.27. The Kier molecular flexibility index (Phi) is 5.86. The lowest BCUT2D eigenvalue weighted by molar-refractivity contribution is -0.119. The number of nitrogens with one attached hydrogen (secondary N) is 1. The van der Waals surface area contributed by atoms with E-state index in [2.05, 4.69) is 31.3 Å². The van der Waals surface area contributed by atoms with Gasteiger partial charge in [0.1, 0.15) is 5.75 Å². The highest BCUT2D eigenvalue weighted by molar-refractivity contribution is 6.04. The van der Waals surface area contributed by atoms with Crippen LogP contribution in [0.5, 0.6) is 5.75 Å². The zero-order chi connectivity index (χ0) is 23.8. The summed E-state index contributed by atoms with van der Waals surface area (Å²) in [7, 11) is 1.63. The Labute approximate surface area is 200 Å². The van der Waals surface area contributed by atoms with Crippen LogP contribution < -0.4 is 10.1 Å². The molecule has 1 fully saturated rings. The van der Waals surface area contributed by atoms with Gasteiger partial charge in [-0.15, -0.1) is 0 Å². The van der Waals surface area contributed by atoms with Crippen LogP contribution in [0.2, 0.25) is 0 Å². The third-order valence-electron chi connectivity index (χ3n) is 6.88. The smallest absolute Gasteiger partial charge is 0.254 e. The quantitative estimate of drug-likeness (QED) is 0.504. The Morgan fingerprint density at radius 2 is 1.74 bits per heavy atom. The molecule has 1 heterocycles. The monoisotopic (exact) mass is 454 g/mol. The van der Waals surface area contributed by atoms with Gasteiger partial charge in [-0.1, -0.05) is 56.3 Å². The van der Waals surface area contributed by atoms with Gasteiger partial charge in [0.15, 0.2) is 0 Å². The fraction of sp³-hybridized carbons (Fsp3) is 0.310. The molecule has 5 rings (SSSR count). The first-order chi connectivity index (χ1) is 16.5. The summed E-state index contributed by atoms with van der Waals surface area (Å²) in [6.07, 6.45) is 1.92. The molecule has 1 aliphatic heterocycles. The number of ether oxygens (including phenoxy) is 1. The van der Waals surface area contributed by atoms with E-state index in [1.807, 2.05) is 65.6 Å². The van der Waals surface area contributed by atoms with Gasteiger partial charge in [-0.3, -0.25) is 9.59 Å². The van der Waals surface area contributed by atoms with Crippen LogP contribution in [0.4, 0.5) is 5.69 Å². The third kappa shape index (κ3) is 4.07. The summed E-state index contributed by atoms with van der Waals surface area (Å²) in [5.74, 6) is 0.479. The number of methoxy groups -OCH3 is 1. The van der Waals surface area contributed by atoms with Crippen molar-refractivity contribution in [3.63, 3.8) is 0 Å². The molecular formula is C29H30N2O3. The van der Waals surface area contributed by atoms with Crippen molar-refractivity contribution < 1.29 is 14.3 Å². The average Bonchev–Trinajstić information content (AvgIpc) is 3.69. The van der Waals surface area contributed by atoms with Gasteiger partial charge in [-0.2, -0.15) is 0 Å². The Morgan fingerprint density at radius 1 is 1.00 bits per heavy atom. The number of rotatable bonds is 6. The number of fused-ring (bicyclic) bond motifs is 1. The molecule has 5 nitrogen and oxygen atoms in total. The Morgan fingerprint density at radius 3 is 2.41 bits per heavy atom. The second-order valence-corrected chi connectivity index (χ2v) is 9.50. The molecule has 174 valence electrons. The number of carbonyl (C=O) groups excluding carboxylic acids is 2. The summed E-state index contributed by atoms with van der Waals surface area (Å²) < 4.78 is 5.47. The van der Waals surface area contributed by atoms with Crippen LogP contribution in [0.25, 0.3) is 0 Å². The van der Waals surface area contributed by atoms with Gasteiger partial charge >= 0.3 is 0 Å². The van der Waals surface area contributed by atoms with Gasteiger partial charge in [0.05, 0.1) is 19.1 Å². The molecule has 5 heteroatoms. The maximum absolute atomic E-state index is 13.9. The maximum atomic E-state index is 13.9. The number of nitrogens with zero attached hydrogens (tertiary/aromatic N) is 1. The lowest BCUT2D eigenvalue weighted by atomic mass is 9.79. The fourth-order valence-electron chi connectivity index (χ4n) is 4.94. The Hall–Kier alpha value is -3.60. The summed E-state index contributed by atoms with van der Waals surface area (Å²) in [6.45, 7) is 4.30. The number of hydrogen-bond donors (Lipinski definition) is 1. The lowest BCUT2D eigenvalue weighted by Gasteiger charge is -2.42. The Bertz CT molecular complexity index is 1210. The van der Waals surface area contributed by atoms with Crippen LogP contribution in [0, 0.1) is 0 Å². The first-order valence-corrected chi connectivity index (χ1v) is 11.9. The van der Waals surface area contributed by atoms with Crippen LogP contribution in [-0.2, 0) is 4.79 Å². The molecule has 1 saturated carbocycles. The van der Waals surface area contributed by atoms with E-state index in [0.29, 0.717) is 17.2 Å². The minimum atomic E-state index is -0.536. The number of amides is 2. The summed E-state index contributed by atoms with van der Waals surface area (Å²) >= 11 is 0. The average molecular weight is 455 g/mol. The van der Waals surface area contributed by atoms with Crippen molar-refractivity contribution in [1.29, 1.82) is 0 Å². The van der Waals surface area contributed by atoms with Gasteiger partial charge in [-0.25, -0.2) is 0 Å². The standard InChI is InChI=1S/C29H30N2O3/c1-18(2)19-11-13-21(14-12-19)30-28(32)26-24-9-4-5-10-25(24)29(33)31(22-15-16-22)27(26)20-7-6-8-23(17-20)34-3/h4-14,17-18,22,26-27H,15-16H2,1-3H3,(H,30,32)/t26-,27+/m1/s1. The molecule has 2 amide bonds. The predicted molar refractivity (Wildman–Crippen MR) is 133 cm³/mol. The van der Waals surface area contributed by atoms with E-state index in [1.165, 1.54) is 5.56 Å². The molecule has 34 heavy (non-hydrogen) atoms. The van der Waals surface area contributed by atoms with E-state index in [9.17, 15) is 9.59 Å². The van der Waals surface area contributed by atoms with Gasteiger partial charge in [0.25, 0.3) is 5.91 Å². The van der Waals surface area contributed by atoms with Crippen molar-refractivity contribution in [3.05, 3.63) is 95.1 Å². The molecule has 2 atom stereocenters. The second kappa shape index (κ2) is 8.98. The van der Waals surface area contributed by atoms with Crippen molar-refractivity contribution in [3.8, 4) is 5.75 Å². The highest BCUT2D eigenvalue weighted by Crippen LogP contribution is 2.48. The van der Waals surface area contributed by atoms with Crippen molar-refractivity contribution >= 4 is 17.5 Å². The predicted octanol–water partition coefficient (Wildman–Crippen LogP) is 5.90. The highest BCUT2D eigenvalue weighted by Gasteiger charge is 2.49. The van der Waals surface area contributed by atoms with E-state index < -0.39 is 12.0 Å². The third-order valence-corrected chi connectivity index (χ3v) is 6.88. The van der Waals surface area contributed by atoms with Gasteiger partial charge < -0.3 is 15.0 Å². The zero-order valence-corrected chi connectivity index (χ0v) is 19.8. The van der Waals surface area contributed by atoms with Crippen molar-refractivity contribution in [1.82, 2.24) is 4.90 Å². The number of benzene rings is 3. The molecule has 2 aliphatic rings. The topological polar surface area (TPSA) is 58.6 Å². The van der Waals surface area contributed by atoms with Crippen LogP contribution in [-0.4, -0.2) is 29.9 Å². The first kappa shape index (κ1) is 22.2. The second-order valence-electron chi connectivity index (χ2n) is 9.50. The van der Waals surface area contributed by atoms with E-state index in [1.54, 1.807) is 7.11 Å². The van der Waals surface area contributed by atoms with Crippen LogP contribution >= 0.6 is 0 Å². The molecule has 0 radical (unpaired) electrons. The normalized spacial score (nSPS) is 19.6. The molecule has 0 aromatic heterocycles. The van der Waals surface area contributed by atoms with Crippen LogP contribution in [0.3, 0.4) is 0 Å². The minimum Gasteiger partial charge on any atom is -0.497 e. The van der Waals surface area contributed by atoms with Crippen LogP contribution in [0.15, 0.2) is 72.8 Å². The zero-order valence-electron chi connectivity index (χ0n) is 19.8. The maximum Gasteiger partial charge on any atom is 0.254 e. The summed E-state index contributed by atoms with van der Waals surface area (Å²) in [5, 5.41) is 3.13. The van der Waals surface area contributed by atoms with Gasteiger partial charge in [-0.05, 0) is 65.8 Å².